The molecule has 2 heterocycles. The van der Waals surface area contributed by atoms with Crippen molar-refractivity contribution in [2.24, 2.45) is 0 Å². The number of hydrogen-bond acceptors (Lipinski definition) is 11. The van der Waals surface area contributed by atoms with Gasteiger partial charge in [0.2, 0.25) is 0 Å². The Bertz CT molecular complexity index is 2560. The maximum atomic E-state index is 7.55. The molecule has 2 aliphatic heterocycles. The van der Waals surface area contributed by atoms with Crippen molar-refractivity contribution in [3.05, 3.63) is 251 Å². The Morgan fingerprint density at radius 1 is 0.288 bits per heavy atom. The van der Waals surface area contributed by atoms with E-state index in [0.717, 1.165) is 38.9 Å². The summed E-state index contributed by atoms with van der Waals surface area (Å²) in [6, 6.07) is 70.4. The average Bonchev–Trinajstić information content (AvgIpc) is 3.45. The zero-order valence-electron chi connectivity index (χ0n) is 41.3. The molecule has 11 nitrogen and oxygen atoms in total. The van der Waals surface area contributed by atoms with Crippen molar-refractivity contribution in [3.63, 3.8) is 0 Å². The summed E-state index contributed by atoms with van der Waals surface area (Å²) in [6.07, 6.45) is -8.16. The highest BCUT2D eigenvalue weighted by Gasteiger charge is 2.54. The Balaban J connectivity index is 1.11. The van der Waals surface area contributed by atoms with Crippen LogP contribution in [0.15, 0.2) is 212 Å². The molecule has 2 aliphatic rings. The highest BCUT2D eigenvalue weighted by molar-refractivity contribution is 5.19. The lowest BCUT2D eigenvalue weighted by Crippen LogP contribution is -2.66. The summed E-state index contributed by atoms with van der Waals surface area (Å²) in [7, 11) is 1.61. The van der Waals surface area contributed by atoms with Crippen LogP contribution < -0.4 is 0 Å². The third-order valence-electron chi connectivity index (χ3n) is 12.9. The van der Waals surface area contributed by atoms with Crippen molar-refractivity contribution in [2.45, 2.75) is 108 Å². The van der Waals surface area contributed by atoms with E-state index < -0.39 is 61.4 Å². The molecule has 380 valence electrons. The molecule has 0 aromatic heterocycles. The smallest absolute Gasteiger partial charge is 0.187 e. The Labute approximate surface area is 429 Å². The van der Waals surface area contributed by atoms with Crippen LogP contribution in [0.5, 0.6) is 0 Å². The number of benzene rings is 7. The molecule has 73 heavy (non-hydrogen) atoms. The van der Waals surface area contributed by atoms with E-state index in [1.54, 1.807) is 7.11 Å². The third kappa shape index (κ3) is 15.3. The minimum Gasteiger partial charge on any atom is -0.374 e. The molecule has 2 fully saturated rings. The topological polar surface area (TPSA) is 102 Å². The summed E-state index contributed by atoms with van der Waals surface area (Å²) in [5.74, 6) is 0. The molecule has 9 rings (SSSR count). The van der Waals surface area contributed by atoms with Gasteiger partial charge >= 0.3 is 0 Å². The van der Waals surface area contributed by atoms with Crippen molar-refractivity contribution in [3.8, 4) is 0 Å². The molecular formula is C62H66O11. The number of methoxy groups -OCH3 is 1. The first-order valence-electron chi connectivity index (χ1n) is 25.2. The van der Waals surface area contributed by atoms with E-state index in [-0.39, 0.29) is 46.2 Å². The minimum atomic E-state index is -1.09. The van der Waals surface area contributed by atoms with Crippen LogP contribution in [0.1, 0.15) is 38.9 Å². The van der Waals surface area contributed by atoms with Gasteiger partial charge in [-0.05, 0) is 38.9 Å². The van der Waals surface area contributed by atoms with Crippen molar-refractivity contribution < 1.29 is 52.1 Å². The molecule has 7 aromatic carbocycles. The van der Waals surface area contributed by atoms with Gasteiger partial charge in [0.1, 0.15) is 48.8 Å². The van der Waals surface area contributed by atoms with Crippen LogP contribution in [0.25, 0.3) is 0 Å². The van der Waals surface area contributed by atoms with Gasteiger partial charge in [-0.3, -0.25) is 0 Å². The van der Waals surface area contributed by atoms with E-state index in [9.17, 15) is 0 Å². The highest BCUT2D eigenvalue weighted by Crippen LogP contribution is 2.37. The van der Waals surface area contributed by atoms with Crippen LogP contribution in [0.2, 0.25) is 0 Å². The number of hydrogen-bond donors (Lipinski definition) is 0. The van der Waals surface area contributed by atoms with E-state index >= 15 is 0 Å². The molecule has 10 atom stereocenters. The standard InChI is InChI=1S/C62H66O11/c1-63-61-60(70-43-52-35-21-8-22-36-52)58(56(67-40-49-29-15-5-16-30-49)54(71-61)45-65-38-47-25-11-3-12-26-47)73-62-59(69-42-51-33-19-7-20-34-51)57(68-41-50-31-17-6-18-32-50)55(66-39-48-27-13-4-14-28-48)53(72-62)44-64-37-46-23-9-2-10-24-46/h2-36,53-62H,37-45H2,1H3/t53-,54-,55-,56-,57+,58+,59+,60+,61+,62-/m1/s1. The summed E-state index contributed by atoms with van der Waals surface area (Å²) in [5, 5.41) is 0. The summed E-state index contributed by atoms with van der Waals surface area (Å²) < 4.78 is 75.9. The molecule has 0 radical (unpaired) electrons. The molecule has 0 bridgehead atoms. The maximum absolute atomic E-state index is 7.55. The van der Waals surface area contributed by atoms with Gasteiger partial charge in [0.05, 0.1) is 59.5 Å². The Kier molecular flexibility index (Phi) is 19.9. The van der Waals surface area contributed by atoms with Gasteiger partial charge in [0.15, 0.2) is 12.6 Å². The van der Waals surface area contributed by atoms with Gasteiger partial charge in [0, 0.05) is 7.11 Å². The molecule has 0 saturated carbocycles. The molecule has 0 amide bonds. The van der Waals surface area contributed by atoms with Gasteiger partial charge < -0.3 is 52.1 Å². The summed E-state index contributed by atoms with van der Waals surface area (Å²) >= 11 is 0. The van der Waals surface area contributed by atoms with Gasteiger partial charge in [-0.1, -0.05) is 212 Å². The van der Waals surface area contributed by atoms with Crippen molar-refractivity contribution >= 4 is 0 Å². The minimum absolute atomic E-state index is 0.150. The molecule has 0 unspecified atom stereocenters. The predicted molar refractivity (Wildman–Crippen MR) is 276 cm³/mol. The summed E-state index contributed by atoms with van der Waals surface area (Å²) in [6.45, 7) is 2.30. The van der Waals surface area contributed by atoms with Crippen LogP contribution >= 0.6 is 0 Å². The zero-order chi connectivity index (χ0) is 49.7. The molecule has 7 aromatic rings. The van der Waals surface area contributed by atoms with Crippen molar-refractivity contribution in [1.82, 2.24) is 0 Å². The molecule has 0 N–H and O–H groups in total. The second kappa shape index (κ2) is 28.0. The van der Waals surface area contributed by atoms with Gasteiger partial charge in [-0.2, -0.15) is 0 Å². The molecule has 0 spiro atoms. The van der Waals surface area contributed by atoms with E-state index in [4.69, 9.17) is 52.1 Å². The average molecular weight is 987 g/mol. The van der Waals surface area contributed by atoms with E-state index in [1.165, 1.54) is 0 Å². The summed E-state index contributed by atoms with van der Waals surface area (Å²) in [5.41, 5.74) is 6.95. The quantitative estimate of drug-likeness (QED) is 0.0518. The normalized spacial score (nSPS) is 24.0. The third-order valence-corrected chi connectivity index (χ3v) is 12.9. The van der Waals surface area contributed by atoms with Crippen molar-refractivity contribution in [1.29, 1.82) is 0 Å². The molecule has 0 aliphatic carbocycles. The van der Waals surface area contributed by atoms with Crippen LogP contribution in [0.4, 0.5) is 0 Å². The van der Waals surface area contributed by atoms with E-state index in [2.05, 4.69) is 0 Å². The van der Waals surface area contributed by atoms with E-state index in [0.29, 0.717) is 13.2 Å². The predicted octanol–water partition coefficient (Wildman–Crippen LogP) is 10.8. The lowest BCUT2D eigenvalue weighted by molar-refractivity contribution is -0.377. The second-order valence-electron chi connectivity index (χ2n) is 18.2. The number of rotatable bonds is 26. The monoisotopic (exact) mass is 986 g/mol. The first kappa shape index (κ1) is 52.0. The second-order valence-corrected chi connectivity index (χ2v) is 18.2. The van der Waals surface area contributed by atoms with Crippen LogP contribution in [0.3, 0.4) is 0 Å². The number of ether oxygens (including phenoxy) is 11. The Morgan fingerprint density at radius 3 is 0.877 bits per heavy atom. The molecule has 2 saturated heterocycles. The van der Waals surface area contributed by atoms with E-state index in [1.807, 2.05) is 212 Å². The fourth-order valence-corrected chi connectivity index (χ4v) is 9.15. The van der Waals surface area contributed by atoms with Crippen LogP contribution in [0, 0.1) is 0 Å². The zero-order valence-corrected chi connectivity index (χ0v) is 41.3. The highest BCUT2D eigenvalue weighted by atomic mass is 16.8. The summed E-state index contributed by atoms with van der Waals surface area (Å²) in [4.78, 5) is 0. The maximum Gasteiger partial charge on any atom is 0.187 e. The van der Waals surface area contributed by atoms with Crippen LogP contribution in [-0.4, -0.2) is 81.7 Å². The van der Waals surface area contributed by atoms with Crippen LogP contribution in [-0.2, 0) is 98.4 Å². The Morgan fingerprint density at radius 2 is 0.548 bits per heavy atom. The first-order valence-corrected chi connectivity index (χ1v) is 25.2. The largest absolute Gasteiger partial charge is 0.374 e. The fraction of sp³-hybridized carbons (Fsp3) is 0.323. The van der Waals surface area contributed by atoms with Gasteiger partial charge in [-0.25, -0.2) is 0 Å². The first-order chi connectivity index (χ1) is 36.2. The Hall–Kier alpha value is -5.90. The molecule has 11 heteroatoms. The van der Waals surface area contributed by atoms with Crippen molar-refractivity contribution in [2.75, 3.05) is 20.3 Å². The molecular weight excluding hydrogens is 921 g/mol. The lowest BCUT2D eigenvalue weighted by atomic mass is 9.95. The van der Waals surface area contributed by atoms with Gasteiger partial charge in [0.25, 0.3) is 0 Å². The lowest BCUT2D eigenvalue weighted by Gasteiger charge is -2.50. The SMILES string of the molecule is CO[C@H]1O[C@H](COCc2ccccc2)[C@@H](OCc2ccccc2)[C@H](O[C@H]2O[C@H](COCc3ccccc3)[C@@H](OCc3ccccc3)[C@H](OCc3ccccc3)[C@@H]2OCc2ccccc2)[C@@H]1OCc1ccccc1. The fourth-order valence-electron chi connectivity index (χ4n) is 9.15. The van der Waals surface area contributed by atoms with Gasteiger partial charge in [-0.15, -0.1) is 0 Å².